The Hall–Kier alpha value is -4.06. The molecule has 0 aliphatic heterocycles. The molecule has 6 heteroatoms. The van der Waals surface area contributed by atoms with E-state index in [0.29, 0.717) is 30.2 Å². The zero-order valence-corrected chi connectivity index (χ0v) is 20.5. The Balaban J connectivity index is 1.53. The van der Waals surface area contributed by atoms with Gasteiger partial charge in [0.25, 0.3) is 5.91 Å². The van der Waals surface area contributed by atoms with Gasteiger partial charge in [-0.2, -0.15) is 0 Å². The predicted molar refractivity (Wildman–Crippen MR) is 139 cm³/mol. The molecular weight excluding hydrogens is 438 g/mol. The van der Waals surface area contributed by atoms with Crippen molar-refractivity contribution in [2.24, 2.45) is 0 Å². The SMILES string of the molecule is C=CCc1ccc(OCCn2c(C(C)NC(=O)c3cccc(C)c3)nc3ccccc32)c(OC)c1. The number of para-hydroxylation sites is 2. The molecule has 1 atom stereocenters. The topological polar surface area (TPSA) is 65.4 Å². The van der Waals surface area contributed by atoms with Gasteiger partial charge >= 0.3 is 0 Å². The van der Waals surface area contributed by atoms with Crippen LogP contribution < -0.4 is 14.8 Å². The number of methoxy groups -OCH3 is 1. The summed E-state index contributed by atoms with van der Waals surface area (Å²) in [6.07, 6.45) is 2.63. The molecule has 0 saturated carbocycles. The molecule has 6 nitrogen and oxygen atoms in total. The number of amides is 1. The summed E-state index contributed by atoms with van der Waals surface area (Å²) in [4.78, 5) is 17.7. The van der Waals surface area contributed by atoms with Crippen molar-refractivity contribution < 1.29 is 14.3 Å². The van der Waals surface area contributed by atoms with Crippen LogP contribution in [0.4, 0.5) is 0 Å². The Kier molecular flexibility index (Phi) is 7.51. The second kappa shape index (κ2) is 10.9. The molecule has 0 fully saturated rings. The highest BCUT2D eigenvalue weighted by Gasteiger charge is 2.19. The van der Waals surface area contributed by atoms with Gasteiger partial charge in [-0.3, -0.25) is 4.79 Å². The summed E-state index contributed by atoms with van der Waals surface area (Å²) in [6, 6.07) is 21.1. The van der Waals surface area contributed by atoms with Crippen molar-refractivity contribution >= 4 is 16.9 Å². The second-order valence-electron chi connectivity index (χ2n) is 8.50. The number of nitrogens with zero attached hydrogens (tertiary/aromatic N) is 2. The third-order valence-corrected chi connectivity index (χ3v) is 5.88. The number of benzene rings is 3. The number of nitrogens with one attached hydrogen (secondary N) is 1. The van der Waals surface area contributed by atoms with Gasteiger partial charge < -0.3 is 19.4 Å². The van der Waals surface area contributed by atoms with Crippen molar-refractivity contribution in [2.45, 2.75) is 32.9 Å². The first kappa shape index (κ1) is 24.1. The molecule has 1 heterocycles. The minimum atomic E-state index is -0.289. The second-order valence-corrected chi connectivity index (χ2v) is 8.50. The van der Waals surface area contributed by atoms with Crippen molar-refractivity contribution in [3.8, 4) is 11.5 Å². The van der Waals surface area contributed by atoms with Crippen LogP contribution in [0.2, 0.25) is 0 Å². The van der Waals surface area contributed by atoms with Gasteiger partial charge in [-0.05, 0) is 62.2 Å². The average Bonchev–Trinajstić information content (AvgIpc) is 3.23. The molecule has 4 rings (SSSR count). The predicted octanol–water partition coefficient (Wildman–Crippen LogP) is 5.65. The molecule has 0 spiro atoms. The zero-order valence-electron chi connectivity index (χ0n) is 20.5. The van der Waals surface area contributed by atoms with Crippen molar-refractivity contribution in [1.29, 1.82) is 0 Å². The van der Waals surface area contributed by atoms with Crippen LogP contribution in [0.15, 0.2) is 79.4 Å². The van der Waals surface area contributed by atoms with Crippen molar-refractivity contribution in [1.82, 2.24) is 14.9 Å². The first-order chi connectivity index (χ1) is 17.0. The summed E-state index contributed by atoms with van der Waals surface area (Å²) in [5.74, 6) is 2.04. The van der Waals surface area contributed by atoms with E-state index in [1.807, 2.05) is 86.7 Å². The van der Waals surface area contributed by atoms with Gasteiger partial charge in [0.15, 0.2) is 11.5 Å². The number of aromatic nitrogens is 2. The van der Waals surface area contributed by atoms with Crippen LogP contribution in [-0.2, 0) is 13.0 Å². The lowest BCUT2D eigenvalue weighted by Gasteiger charge is -2.17. The van der Waals surface area contributed by atoms with Crippen molar-refractivity contribution in [3.63, 3.8) is 0 Å². The van der Waals surface area contributed by atoms with Gasteiger partial charge in [0, 0.05) is 5.56 Å². The lowest BCUT2D eigenvalue weighted by Crippen LogP contribution is -2.29. The number of ether oxygens (including phenoxy) is 2. The third-order valence-electron chi connectivity index (χ3n) is 5.88. The van der Waals surface area contributed by atoms with Crippen LogP contribution >= 0.6 is 0 Å². The molecule has 1 unspecified atom stereocenters. The molecule has 0 saturated heterocycles. The highest BCUT2D eigenvalue weighted by molar-refractivity contribution is 5.94. The van der Waals surface area contributed by atoms with Gasteiger partial charge in [-0.15, -0.1) is 6.58 Å². The molecule has 1 N–H and O–H groups in total. The maximum absolute atomic E-state index is 12.9. The van der Waals surface area contributed by atoms with Gasteiger partial charge in [-0.1, -0.05) is 42.0 Å². The Morgan fingerprint density at radius 3 is 2.71 bits per heavy atom. The number of hydrogen-bond donors (Lipinski definition) is 1. The van der Waals surface area contributed by atoms with E-state index < -0.39 is 0 Å². The van der Waals surface area contributed by atoms with Crippen molar-refractivity contribution in [3.05, 3.63) is 102 Å². The fourth-order valence-electron chi connectivity index (χ4n) is 4.16. The number of fused-ring (bicyclic) bond motifs is 1. The minimum Gasteiger partial charge on any atom is -0.493 e. The number of carbonyl (C=O) groups excluding carboxylic acids is 1. The van der Waals surface area contributed by atoms with Crippen molar-refractivity contribution in [2.75, 3.05) is 13.7 Å². The van der Waals surface area contributed by atoms with E-state index in [0.717, 1.165) is 34.4 Å². The maximum Gasteiger partial charge on any atom is 0.251 e. The van der Waals surface area contributed by atoms with Gasteiger partial charge in [-0.25, -0.2) is 4.98 Å². The lowest BCUT2D eigenvalue weighted by molar-refractivity contribution is 0.0937. The van der Waals surface area contributed by atoms with Crippen LogP contribution in [0.5, 0.6) is 11.5 Å². The molecule has 4 aromatic rings. The minimum absolute atomic E-state index is 0.125. The Morgan fingerprint density at radius 2 is 1.94 bits per heavy atom. The molecule has 1 aromatic heterocycles. The highest BCUT2D eigenvalue weighted by Crippen LogP contribution is 2.29. The molecule has 0 aliphatic carbocycles. The van der Waals surface area contributed by atoms with E-state index in [1.165, 1.54) is 0 Å². The first-order valence-electron chi connectivity index (χ1n) is 11.7. The number of imidazole rings is 1. The maximum atomic E-state index is 12.9. The summed E-state index contributed by atoms with van der Waals surface area (Å²) in [7, 11) is 1.64. The smallest absolute Gasteiger partial charge is 0.251 e. The van der Waals surface area contributed by atoms with Crippen LogP contribution in [-0.4, -0.2) is 29.2 Å². The molecule has 1 amide bonds. The summed E-state index contributed by atoms with van der Waals surface area (Å²) >= 11 is 0. The van der Waals surface area contributed by atoms with Gasteiger partial charge in [0.05, 0.1) is 30.7 Å². The van der Waals surface area contributed by atoms with Crippen LogP contribution in [0.25, 0.3) is 11.0 Å². The van der Waals surface area contributed by atoms with Crippen LogP contribution in [0.3, 0.4) is 0 Å². The fraction of sp³-hybridized carbons (Fsp3) is 0.241. The molecular formula is C29H31N3O3. The van der Waals surface area contributed by atoms with Gasteiger partial charge in [0.2, 0.25) is 0 Å². The monoisotopic (exact) mass is 469 g/mol. The molecule has 0 bridgehead atoms. The van der Waals surface area contributed by atoms with Gasteiger partial charge in [0.1, 0.15) is 12.4 Å². The average molecular weight is 470 g/mol. The summed E-state index contributed by atoms with van der Waals surface area (Å²) in [5, 5.41) is 3.09. The van der Waals surface area contributed by atoms with E-state index in [-0.39, 0.29) is 11.9 Å². The number of carbonyl (C=O) groups is 1. The van der Waals surface area contributed by atoms with Crippen LogP contribution in [0, 0.1) is 6.92 Å². The number of aryl methyl sites for hydroxylation is 1. The van der Waals surface area contributed by atoms with E-state index in [4.69, 9.17) is 14.5 Å². The molecule has 0 aliphatic rings. The molecule has 35 heavy (non-hydrogen) atoms. The van der Waals surface area contributed by atoms with E-state index in [2.05, 4.69) is 16.5 Å². The third kappa shape index (κ3) is 5.54. The van der Waals surface area contributed by atoms with E-state index in [9.17, 15) is 4.79 Å². The standard InChI is InChI=1S/C29H31N3O3/c1-5-9-22-14-15-26(27(19-22)34-4)35-17-16-32-25-13-7-6-12-24(25)31-28(32)21(3)30-29(33)23-11-8-10-20(2)18-23/h5-8,10-15,18-19,21H,1,9,16-17H2,2-4H3,(H,30,33). The van der Waals surface area contributed by atoms with E-state index in [1.54, 1.807) is 7.11 Å². The first-order valence-corrected chi connectivity index (χ1v) is 11.7. The summed E-state index contributed by atoms with van der Waals surface area (Å²) in [6.45, 7) is 8.70. The van der Waals surface area contributed by atoms with Crippen LogP contribution in [0.1, 0.15) is 40.3 Å². The fourth-order valence-corrected chi connectivity index (χ4v) is 4.16. The number of hydrogen-bond acceptors (Lipinski definition) is 4. The van der Waals surface area contributed by atoms with E-state index >= 15 is 0 Å². The Bertz CT molecular complexity index is 1340. The summed E-state index contributed by atoms with van der Waals surface area (Å²) < 4.78 is 13.7. The molecule has 3 aromatic carbocycles. The molecule has 0 radical (unpaired) electrons. The summed E-state index contributed by atoms with van der Waals surface area (Å²) in [5.41, 5.74) is 4.67. The lowest BCUT2D eigenvalue weighted by atomic mass is 10.1. The molecule has 180 valence electrons. The largest absolute Gasteiger partial charge is 0.493 e. The highest BCUT2D eigenvalue weighted by atomic mass is 16.5. The quantitative estimate of drug-likeness (QED) is 0.305. The Labute approximate surface area is 206 Å². The Morgan fingerprint density at radius 1 is 1.11 bits per heavy atom. The number of allylic oxidation sites excluding steroid dienone is 1. The zero-order chi connectivity index (χ0) is 24.8. The normalized spacial score (nSPS) is 11.7. The number of rotatable bonds is 10.